The Balaban J connectivity index is 2.17. The number of carbonyl (C=O) groups excluding carboxylic acids is 2. The highest BCUT2D eigenvalue weighted by atomic mass is 16.3. The van der Waals surface area contributed by atoms with Crippen LogP contribution < -0.4 is 5.32 Å². The van der Waals surface area contributed by atoms with Gasteiger partial charge in [-0.1, -0.05) is 13.8 Å². The van der Waals surface area contributed by atoms with E-state index in [9.17, 15) is 14.7 Å². The monoisotopic (exact) mass is 292 g/mol. The van der Waals surface area contributed by atoms with E-state index in [1.807, 2.05) is 13.8 Å². The summed E-state index contributed by atoms with van der Waals surface area (Å²) >= 11 is 0. The van der Waals surface area contributed by atoms with Crippen molar-refractivity contribution in [2.75, 3.05) is 25.0 Å². The van der Waals surface area contributed by atoms with Gasteiger partial charge in [0.15, 0.2) is 0 Å². The summed E-state index contributed by atoms with van der Waals surface area (Å²) in [7, 11) is 0. The summed E-state index contributed by atoms with van der Waals surface area (Å²) in [6, 6.07) is 4.91. The van der Waals surface area contributed by atoms with Crippen LogP contribution >= 0.6 is 0 Å². The maximum atomic E-state index is 12.3. The van der Waals surface area contributed by atoms with E-state index in [0.717, 1.165) is 0 Å². The number of amides is 2. The number of aliphatic hydroxyl groups is 2. The molecule has 1 aliphatic rings. The molecule has 0 bridgehead atoms. The lowest BCUT2D eigenvalue weighted by Crippen LogP contribution is -2.33. The molecule has 1 aliphatic heterocycles. The van der Waals surface area contributed by atoms with E-state index >= 15 is 0 Å². The van der Waals surface area contributed by atoms with Crippen molar-refractivity contribution < 1.29 is 19.8 Å². The lowest BCUT2D eigenvalue weighted by molar-refractivity contribution is 0.0636. The molecule has 6 heteroatoms. The first kappa shape index (κ1) is 15.5. The molecule has 6 nitrogen and oxygen atoms in total. The number of aliphatic hydroxyl groups excluding tert-OH is 2. The standard InChI is InChI=1S/C15H20N2O4/c1-9(2)7-17-14(20)12-4-3-10(5-13(12)15(17)21)16-6-11(19)8-18/h3-5,9,11,16,18-19H,6-8H2,1-2H3. The number of nitrogens with one attached hydrogen (secondary N) is 1. The van der Waals surface area contributed by atoms with Crippen LogP contribution in [0.3, 0.4) is 0 Å². The summed E-state index contributed by atoms with van der Waals surface area (Å²) in [5.41, 5.74) is 1.42. The number of benzene rings is 1. The van der Waals surface area contributed by atoms with Crippen molar-refractivity contribution in [1.82, 2.24) is 4.90 Å². The molecular weight excluding hydrogens is 272 g/mol. The molecule has 1 unspecified atom stereocenters. The van der Waals surface area contributed by atoms with Crippen LogP contribution in [0.25, 0.3) is 0 Å². The maximum Gasteiger partial charge on any atom is 0.261 e. The van der Waals surface area contributed by atoms with Gasteiger partial charge in [-0.2, -0.15) is 0 Å². The predicted octanol–water partition coefficient (Wildman–Crippen LogP) is 0.704. The number of fused-ring (bicyclic) bond motifs is 1. The average Bonchev–Trinajstić information content (AvgIpc) is 2.69. The molecule has 21 heavy (non-hydrogen) atoms. The zero-order valence-corrected chi connectivity index (χ0v) is 12.2. The van der Waals surface area contributed by atoms with Crippen molar-refractivity contribution in [2.45, 2.75) is 20.0 Å². The molecular formula is C15H20N2O4. The molecule has 0 spiro atoms. The third-order valence-electron chi connectivity index (χ3n) is 3.27. The number of imide groups is 1. The van der Waals surface area contributed by atoms with Crippen LogP contribution in [-0.2, 0) is 0 Å². The van der Waals surface area contributed by atoms with Crippen molar-refractivity contribution in [2.24, 2.45) is 5.92 Å². The molecule has 0 saturated heterocycles. The second kappa shape index (κ2) is 6.24. The topological polar surface area (TPSA) is 89.9 Å². The third kappa shape index (κ3) is 3.22. The van der Waals surface area contributed by atoms with Gasteiger partial charge in [0.05, 0.1) is 23.8 Å². The van der Waals surface area contributed by atoms with Gasteiger partial charge >= 0.3 is 0 Å². The fourth-order valence-electron chi connectivity index (χ4n) is 2.23. The van der Waals surface area contributed by atoms with Gasteiger partial charge in [0.1, 0.15) is 0 Å². The highest BCUT2D eigenvalue weighted by molar-refractivity contribution is 6.21. The third-order valence-corrected chi connectivity index (χ3v) is 3.27. The Morgan fingerprint density at radius 1 is 1.19 bits per heavy atom. The van der Waals surface area contributed by atoms with Gasteiger partial charge in [-0.3, -0.25) is 14.5 Å². The van der Waals surface area contributed by atoms with Crippen LogP contribution in [0.4, 0.5) is 5.69 Å². The molecule has 2 rings (SSSR count). The van der Waals surface area contributed by atoms with Crippen LogP contribution in [0.2, 0.25) is 0 Å². The van der Waals surface area contributed by atoms with Gasteiger partial charge < -0.3 is 15.5 Å². The molecule has 114 valence electrons. The van der Waals surface area contributed by atoms with E-state index in [1.165, 1.54) is 4.90 Å². The van der Waals surface area contributed by atoms with E-state index in [-0.39, 0.29) is 30.9 Å². The quantitative estimate of drug-likeness (QED) is 0.672. The second-order valence-electron chi connectivity index (χ2n) is 5.59. The van der Waals surface area contributed by atoms with E-state index in [2.05, 4.69) is 5.32 Å². The summed E-state index contributed by atoms with van der Waals surface area (Å²) in [5.74, 6) is -0.329. The number of hydrogen-bond donors (Lipinski definition) is 3. The molecule has 1 atom stereocenters. The van der Waals surface area contributed by atoms with Gasteiger partial charge in [-0.25, -0.2) is 0 Å². The van der Waals surface area contributed by atoms with Crippen LogP contribution in [0.5, 0.6) is 0 Å². The van der Waals surface area contributed by atoms with E-state index in [1.54, 1.807) is 18.2 Å². The first-order chi connectivity index (χ1) is 9.93. The van der Waals surface area contributed by atoms with Gasteiger partial charge in [-0.05, 0) is 24.1 Å². The Hall–Kier alpha value is -1.92. The van der Waals surface area contributed by atoms with Gasteiger partial charge in [0.25, 0.3) is 11.8 Å². The normalized spacial score (nSPS) is 15.6. The molecule has 0 saturated carbocycles. The summed E-state index contributed by atoms with van der Waals surface area (Å²) in [6.07, 6.45) is -0.868. The Morgan fingerprint density at radius 3 is 2.48 bits per heavy atom. The number of rotatable bonds is 6. The smallest absolute Gasteiger partial charge is 0.261 e. The molecule has 1 aromatic carbocycles. The average molecular weight is 292 g/mol. The Labute approximate surface area is 123 Å². The minimum Gasteiger partial charge on any atom is -0.394 e. The highest BCUT2D eigenvalue weighted by Gasteiger charge is 2.35. The van der Waals surface area contributed by atoms with Crippen LogP contribution in [-0.4, -0.2) is 52.7 Å². The molecule has 3 N–H and O–H groups in total. The Bertz CT molecular complexity index is 557. The molecule has 1 aromatic rings. The van der Waals surface area contributed by atoms with E-state index < -0.39 is 6.10 Å². The molecule has 0 aliphatic carbocycles. The van der Waals surface area contributed by atoms with Crippen molar-refractivity contribution >= 4 is 17.5 Å². The summed E-state index contributed by atoms with van der Waals surface area (Å²) in [6.45, 7) is 4.14. The fraction of sp³-hybridized carbons (Fsp3) is 0.467. The lowest BCUT2D eigenvalue weighted by Gasteiger charge is -2.15. The lowest BCUT2D eigenvalue weighted by atomic mass is 10.1. The van der Waals surface area contributed by atoms with Crippen molar-refractivity contribution in [3.8, 4) is 0 Å². The van der Waals surface area contributed by atoms with Crippen molar-refractivity contribution in [3.63, 3.8) is 0 Å². The highest BCUT2D eigenvalue weighted by Crippen LogP contribution is 2.26. The van der Waals surface area contributed by atoms with Gasteiger partial charge in [-0.15, -0.1) is 0 Å². The first-order valence-electron chi connectivity index (χ1n) is 6.97. The minimum atomic E-state index is -0.868. The zero-order valence-electron chi connectivity index (χ0n) is 12.2. The summed E-state index contributed by atoms with van der Waals surface area (Å²) in [5, 5.41) is 21.0. The molecule has 2 amide bonds. The zero-order chi connectivity index (χ0) is 15.6. The summed E-state index contributed by atoms with van der Waals surface area (Å²) in [4.78, 5) is 25.7. The van der Waals surface area contributed by atoms with E-state index in [4.69, 9.17) is 5.11 Å². The second-order valence-corrected chi connectivity index (χ2v) is 5.59. The van der Waals surface area contributed by atoms with Gasteiger partial charge in [0.2, 0.25) is 0 Å². The van der Waals surface area contributed by atoms with Crippen LogP contribution in [0, 0.1) is 5.92 Å². The predicted molar refractivity (Wildman–Crippen MR) is 78.2 cm³/mol. The number of nitrogens with zero attached hydrogens (tertiary/aromatic N) is 1. The maximum absolute atomic E-state index is 12.3. The minimum absolute atomic E-state index is 0.174. The number of anilines is 1. The first-order valence-corrected chi connectivity index (χ1v) is 6.97. The van der Waals surface area contributed by atoms with Crippen LogP contribution in [0.1, 0.15) is 34.6 Å². The molecule has 0 fully saturated rings. The largest absolute Gasteiger partial charge is 0.394 e. The fourth-order valence-corrected chi connectivity index (χ4v) is 2.23. The molecule has 0 aromatic heterocycles. The van der Waals surface area contributed by atoms with Gasteiger partial charge in [0, 0.05) is 18.8 Å². The number of carbonyl (C=O) groups is 2. The Morgan fingerprint density at radius 2 is 1.86 bits per heavy atom. The van der Waals surface area contributed by atoms with Crippen LogP contribution in [0.15, 0.2) is 18.2 Å². The van der Waals surface area contributed by atoms with Crippen molar-refractivity contribution in [1.29, 1.82) is 0 Å². The summed E-state index contributed by atoms with van der Waals surface area (Å²) < 4.78 is 0. The number of hydrogen-bond acceptors (Lipinski definition) is 5. The molecule has 0 radical (unpaired) electrons. The molecule has 1 heterocycles. The van der Waals surface area contributed by atoms with E-state index in [0.29, 0.717) is 23.4 Å². The van der Waals surface area contributed by atoms with Crippen molar-refractivity contribution in [3.05, 3.63) is 29.3 Å². The Kier molecular flexibility index (Phi) is 4.59. The SMILES string of the molecule is CC(C)CN1C(=O)c2ccc(NCC(O)CO)cc2C1=O.